The van der Waals surface area contributed by atoms with Crippen LogP contribution in [0.25, 0.3) is 0 Å². The number of ether oxygens (including phenoxy) is 3. The van der Waals surface area contributed by atoms with Gasteiger partial charge in [-0.1, -0.05) is 0 Å². The molecule has 2 heterocycles. The second kappa shape index (κ2) is 5.42. The molecule has 0 aromatic heterocycles. The van der Waals surface area contributed by atoms with Gasteiger partial charge in [-0.15, -0.1) is 0 Å². The van der Waals surface area contributed by atoms with Gasteiger partial charge in [-0.2, -0.15) is 0 Å². The fourth-order valence-electron chi connectivity index (χ4n) is 2.46. The monoisotopic (exact) mass is 232 g/mol. The molecule has 0 bridgehead atoms. The van der Waals surface area contributed by atoms with Crippen molar-refractivity contribution in [2.24, 2.45) is 0 Å². The average Bonchev–Trinajstić information content (AvgIpc) is 2.33. The topological polar surface area (TPSA) is 53.8 Å². The molecule has 2 N–H and O–H groups in total. The highest BCUT2D eigenvalue weighted by atomic mass is 16.7. The Morgan fingerprint density at radius 1 is 1.31 bits per heavy atom. The van der Waals surface area contributed by atoms with Crippen LogP contribution in [0, 0.1) is 0 Å². The average molecular weight is 232 g/mol. The van der Waals surface area contributed by atoms with Crippen LogP contribution in [0.2, 0.25) is 0 Å². The van der Waals surface area contributed by atoms with Gasteiger partial charge >= 0.3 is 0 Å². The van der Waals surface area contributed by atoms with E-state index in [2.05, 4.69) is 4.90 Å². The summed E-state index contributed by atoms with van der Waals surface area (Å²) in [5.41, 5.74) is 0. The first-order chi connectivity index (χ1) is 7.72. The molecule has 0 spiro atoms. The lowest BCUT2D eigenvalue weighted by molar-refractivity contribution is -0.190. The van der Waals surface area contributed by atoms with E-state index in [1.54, 1.807) is 7.11 Å². The van der Waals surface area contributed by atoms with Gasteiger partial charge in [0.15, 0.2) is 12.4 Å². The number of rotatable bonds is 2. The molecule has 0 amide bonds. The zero-order chi connectivity index (χ0) is 11.5. The summed E-state index contributed by atoms with van der Waals surface area (Å²) in [6, 6.07) is 0.283. The molecule has 0 aromatic rings. The molecular weight excluding hydrogens is 210 g/mol. The van der Waals surface area contributed by atoms with Crippen LogP contribution in [0.3, 0.4) is 0 Å². The number of hydrogen-bond donors (Lipinski definition) is 0. The van der Waals surface area contributed by atoms with E-state index in [1.165, 1.54) is 0 Å². The van der Waals surface area contributed by atoms with E-state index in [4.69, 9.17) is 19.3 Å². The molecule has 5 nitrogen and oxygen atoms in total. The van der Waals surface area contributed by atoms with Crippen molar-refractivity contribution in [1.29, 1.82) is 0 Å². The first-order valence-electron chi connectivity index (χ1n) is 5.93. The van der Waals surface area contributed by atoms with Crippen molar-refractivity contribution in [3.63, 3.8) is 0 Å². The summed E-state index contributed by atoms with van der Waals surface area (Å²) in [5.74, 6) is 0. The standard InChI is InChI=1S/C11H21NO4/c1-8-11(13)9(3-5-15-8)12-4-6-16-10(7-12)14-2/h8-11,13H,3-7H2,1-2H3/p+1/t8-,9?,10-,11?/m0/s1. The normalized spacial score (nSPS) is 42.2. The van der Waals surface area contributed by atoms with E-state index in [9.17, 15) is 0 Å². The zero-order valence-electron chi connectivity index (χ0n) is 10.0. The fourth-order valence-corrected chi connectivity index (χ4v) is 2.46. The largest absolute Gasteiger partial charge is 0.440 e. The van der Waals surface area contributed by atoms with Crippen molar-refractivity contribution in [3.8, 4) is 0 Å². The molecule has 2 saturated heterocycles. The lowest BCUT2D eigenvalue weighted by Crippen LogP contribution is -2.57. The minimum atomic E-state index is -0.163. The Hall–Kier alpha value is -0.200. The third-order valence-corrected chi connectivity index (χ3v) is 3.51. The summed E-state index contributed by atoms with van der Waals surface area (Å²) in [4.78, 5) is 2.31. The Balaban J connectivity index is 1.94. The third-order valence-electron chi connectivity index (χ3n) is 3.51. The minimum Gasteiger partial charge on any atom is -0.440 e. The fraction of sp³-hybridized carbons (Fsp3) is 1.00. The molecule has 94 valence electrons. The summed E-state index contributed by atoms with van der Waals surface area (Å²) in [6.07, 6.45) is 0.667. The first-order valence-corrected chi connectivity index (χ1v) is 5.93. The Morgan fingerprint density at radius 3 is 2.88 bits per heavy atom. The number of nitrogens with zero attached hydrogens (tertiary/aromatic N) is 1. The molecule has 2 fully saturated rings. The van der Waals surface area contributed by atoms with Crippen molar-refractivity contribution in [2.45, 2.75) is 37.9 Å². The van der Waals surface area contributed by atoms with Gasteiger partial charge in [-0.05, 0) is 13.3 Å². The van der Waals surface area contributed by atoms with Crippen LogP contribution in [-0.2, 0) is 14.2 Å². The Bertz CT molecular complexity index is 226. The first kappa shape index (κ1) is 12.3. The van der Waals surface area contributed by atoms with E-state index in [-0.39, 0.29) is 24.5 Å². The summed E-state index contributed by atoms with van der Waals surface area (Å²) in [5, 5.41) is 8.15. The molecule has 2 aliphatic rings. The SMILES string of the molecule is CO[C@@H]1CN(C2CCO[C@@H](C)C2[OH2+])CCO1. The molecule has 0 aliphatic carbocycles. The van der Waals surface area contributed by atoms with Crippen LogP contribution in [0.4, 0.5) is 0 Å². The Labute approximate surface area is 96.3 Å². The lowest BCUT2D eigenvalue weighted by atomic mass is 9.98. The van der Waals surface area contributed by atoms with E-state index >= 15 is 0 Å². The maximum Gasteiger partial charge on any atom is 0.195 e. The number of hydrogen-bond acceptors (Lipinski definition) is 4. The summed E-state index contributed by atoms with van der Waals surface area (Å²) < 4.78 is 16.2. The van der Waals surface area contributed by atoms with Crippen LogP contribution >= 0.6 is 0 Å². The van der Waals surface area contributed by atoms with Gasteiger partial charge < -0.3 is 19.3 Å². The smallest absolute Gasteiger partial charge is 0.195 e. The molecule has 4 atom stereocenters. The highest BCUT2D eigenvalue weighted by Crippen LogP contribution is 2.22. The van der Waals surface area contributed by atoms with Gasteiger partial charge in [-0.25, -0.2) is 0 Å². The summed E-state index contributed by atoms with van der Waals surface area (Å²) in [6.45, 7) is 5.10. The number of morpholine rings is 1. The molecule has 2 aliphatic heterocycles. The van der Waals surface area contributed by atoms with Crippen LogP contribution < -0.4 is 0 Å². The van der Waals surface area contributed by atoms with Crippen LogP contribution in [0.1, 0.15) is 13.3 Å². The molecule has 2 rings (SSSR count). The van der Waals surface area contributed by atoms with Crippen molar-refractivity contribution in [3.05, 3.63) is 0 Å². The van der Waals surface area contributed by atoms with E-state index in [0.29, 0.717) is 6.61 Å². The molecule has 0 aromatic carbocycles. The second-order valence-electron chi connectivity index (χ2n) is 4.49. The highest BCUT2D eigenvalue weighted by Gasteiger charge is 2.39. The third kappa shape index (κ3) is 2.55. The summed E-state index contributed by atoms with van der Waals surface area (Å²) >= 11 is 0. The van der Waals surface area contributed by atoms with Crippen molar-refractivity contribution >= 4 is 0 Å². The second-order valence-corrected chi connectivity index (χ2v) is 4.49. The van der Waals surface area contributed by atoms with E-state index < -0.39 is 0 Å². The predicted octanol–water partition coefficient (Wildman–Crippen LogP) is -0.438. The quantitative estimate of drug-likeness (QED) is 0.606. The Kier molecular flexibility index (Phi) is 4.16. The maximum absolute atomic E-state index is 8.15. The molecular formula is C11H22NO4+. The minimum absolute atomic E-state index is 0.0302. The lowest BCUT2D eigenvalue weighted by Gasteiger charge is -2.41. The van der Waals surface area contributed by atoms with Crippen LogP contribution in [-0.4, -0.2) is 68.0 Å². The molecule has 0 radical (unpaired) electrons. The highest BCUT2D eigenvalue weighted by molar-refractivity contribution is 4.87. The van der Waals surface area contributed by atoms with Crippen molar-refractivity contribution in [1.82, 2.24) is 4.90 Å². The molecule has 2 unspecified atom stereocenters. The maximum atomic E-state index is 8.15. The van der Waals surface area contributed by atoms with Gasteiger partial charge in [0, 0.05) is 20.3 Å². The van der Waals surface area contributed by atoms with Gasteiger partial charge in [0.1, 0.15) is 6.10 Å². The van der Waals surface area contributed by atoms with Gasteiger partial charge in [0.25, 0.3) is 0 Å². The Morgan fingerprint density at radius 2 is 2.12 bits per heavy atom. The molecule has 0 saturated carbocycles. The van der Waals surface area contributed by atoms with E-state index in [1.807, 2.05) is 6.92 Å². The van der Waals surface area contributed by atoms with Gasteiger partial charge in [0.2, 0.25) is 0 Å². The van der Waals surface area contributed by atoms with Crippen LogP contribution in [0.5, 0.6) is 0 Å². The number of methoxy groups -OCH3 is 1. The predicted molar refractivity (Wildman–Crippen MR) is 59.5 cm³/mol. The van der Waals surface area contributed by atoms with Crippen molar-refractivity contribution < 1.29 is 19.3 Å². The molecule has 5 heteroatoms. The summed E-state index contributed by atoms with van der Waals surface area (Å²) in [7, 11) is 1.67. The van der Waals surface area contributed by atoms with Gasteiger partial charge in [-0.3, -0.25) is 4.90 Å². The van der Waals surface area contributed by atoms with E-state index in [0.717, 1.165) is 26.1 Å². The molecule has 16 heavy (non-hydrogen) atoms. The van der Waals surface area contributed by atoms with Crippen LogP contribution in [0.15, 0.2) is 0 Å². The zero-order valence-corrected chi connectivity index (χ0v) is 10.0. The van der Waals surface area contributed by atoms with Gasteiger partial charge in [0.05, 0.1) is 19.2 Å². The van der Waals surface area contributed by atoms with Crippen molar-refractivity contribution in [2.75, 3.05) is 33.4 Å².